The Labute approximate surface area is 117 Å². The Balaban J connectivity index is 2.91. The molecule has 1 aromatic rings. The Morgan fingerprint density at radius 2 is 1.35 bits per heavy atom. The molecule has 0 aliphatic carbocycles. The minimum absolute atomic E-state index is 0.156. The van der Waals surface area contributed by atoms with Crippen molar-refractivity contribution in [1.82, 2.24) is 9.80 Å². The number of amides is 2. The van der Waals surface area contributed by atoms with E-state index < -0.39 is 17.9 Å². The van der Waals surface area contributed by atoms with Gasteiger partial charge in [-0.25, -0.2) is 4.79 Å². The summed E-state index contributed by atoms with van der Waals surface area (Å²) in [6, 6.07) is 5.23. The smallest absolute Gasteiger partial charge is 0.326 e. The number of likely N-dealkylation sites (N-methyl/N-ethyl adjacent to an activating group) is 1. The van der Waals surface area contributed by atoms with Crippen molar-refractivity contribution in [2.75, 3.05) is 21.1 Å². The standard InChI is InChI=1S/C14H18N2O4/c1-9(14(19)20)16(4)13(18)11-7-5-10(6-8-11)12(17)15(2)3/h5-9H,1-4H3,(H,19,20). The maximum atomic E-state index is 12.1. The van der Waals surface area contributed by atoms with Crippen LogP contribution >= 0.6 is 0 Å². The van der Waals surface area contributed by atoms with Gasteiger partial charge in [0, 0.05) is 32.3 Å². The predicted octanol–water partition coefficient (Wildman–Crippen LogP) is 0.933. The van der Waals surface area contributed by atoms with Crippen LogP contribution in [0.5, 0.6) is 0 Å². The van der Waals surface area contributed by atoms with Gasteiger partial charge in [0.15, 0.2) is 0 Å². The lowest BCUT2D eigenvalue weighted by molar-refractivity contribution is -0.141. The third-order valence-corrected chi connectivity index (χ3v) is 3.04. The molecule has 0 radical (unpaired) electrons. The van der Waals surface area contributed by atoms with Crippen molar-refractivity contribution >= 4 is 17.8 Å². The van der Waals surface area contributed by atoms with Crippen LogP contribution in [0.25, 0.3) is 0 Å². The zero-order valence-corrected chi connectivity index (χ0v) is 12.0. The molecule has 0 aromatic heterocycles. The van der Waals surface area contributed by atoms with Crippen LogP contribution in [0.3, 0.4) is 0 Å². The monoisotopic (exact) mass is 278 g/mol. The summed E-state index contributed by atoms with van der Waals surface area (Å²) in [7, 11) is 4.72. The van der Waals surface area contributed by atoms with Crippen molar-refractivity contribution in [3.63, 3.8) is 0 Å². The van der Waals surface area contributed by atoms with Gasteiger partial charge in [0.1, 0.15) is 6.04 Å². The zero-order chi connectivity index (χ0) is 15.4. The second-order valence-corrected chi connectivity index (χ2v) is 4.71. The van der Waals surface area contributed by atoms with E-state index in [1.165, 1.54) is 31.0 Å². The molecule has 1 rings (SSSR count). The van der Waals surface area contributed by atoms with Crippen LogP contribution in [0.2, 0.25) is 0 Å². The summed E-state index contributed by atoms with van der Waals surface area (Å²) in [5.41, 5.74) is 0.816. The molecule has 6 heteroatoms. The number of hydrogen-bond donors (Lipinski definition) is 1. The van der Waals surface area contributed by atoms with E-state index in [9.17, 15) is 14.4 Å². The minimum atomic E-state index is -1.07. The highest BCUT2D eigenvalue weighted by Gasteiger charge is 2.22. The molecule has 0 aliphatic rings. The van der Waals surface area contributed by atoms with Crippen molar-refractivity contribution < 1.29 is 19.5 Å². The maximum Gasteiger partial charge on any atom is 0.326 e. The van der Waals surface area contributed by atoms with E-state index in [2.05, 4.69) is 0 Å². The SMILES string of the molecule is CC(C(=O)O)N(C)C(=O)c1ccc(C(=O)N(C)C)cc1. The maximum absolute atomic E-state index is 12.1. The van der Waals surface area contributed by atoms with Crippen LogP contribution in [0.15, 0.2) is 24.3 Å². The van der Waals surface area contributed by atoms with Gasteiger partial charge < -0.3 is 14.9 Å². The molecular formula is C14H18N2O4. The fourth-order valence-corrected chi connectivity index (χ4v) is 1.56. The van der Waals surface area contributed by atoms with E-state index in [0.29, 0.717) is 11.1 Å². The summed E-state index contributed by atoms with van der Waals surface area (Å²) in [6.45, 7) is 1.43. The van der Waals surface area contributed by atoms with Gasteiger partial charge in [-0.2, -0.15) is 0 Å². The van der Waals surface area contributed by atoms with Crippen LogP contribution in [0, 0.1) is 0 Å². The molecule has 6 nitrogen and oxygen atoms in total. The first-order valence-corrected chi connectivity index (χ1v) is 6.07. The summed E-state index contributed by atoms with van der Waals surface area (Å²) >= 11 is 0. The van der Waals surface area contributed by atoms with Crippen molar-refractivity contribution in [2.24, 2.45) is 0 Å². The molecule has 20 heavy (non-hydrogen) atoms. The molecular weight excluding hydrogens is 260 g/mol. The first kappa shape index (κ1) is 15.7. The van der Waals surface area contributed by atoms with Gasteiger partial charge in [0.2, 0.25) is 0 Å². The number of carbonyl (C=O) groups excluding carboxylic acids is 2. The highest BCUT2D eigenvalue weighted by molar-refractivity contribution is 5.98. The summed E-state index contributed by atoms with van der Waals surface area (Å²) in [5, 5.41) is 8.88. The van der Waals surface area contributed by atoms with E-state index in [-0.39, 0.29) is 5.91 Å². The Hall–Kier alpha value is -2.37. The van der Waals surface area contributed by atoms with Gasteiger partial charge in [0.05, 0.1) is 0 Å². The van der Waals surface area contributed by atoms with Crippen LogP contribution in [0.4, 0.5) is 0 Å². The molecule has 1 unspecified atom stereocenters. The lowest BCUT2D eigenvalue weighted by Crippen LogP contribution is -2.40. The lowest BCUT2D eigenvalue weighted by Gasteiger charge is -2.21. The third-order valence-electron chi connectivity index (χ3n) is 3.04. The molecule has 0 saturated heterocycles. The molecule has 0 spiro atoms. The van der Waals surface area contributed by atoms with Crippen molar-refractivity contribution in [2.45, 2.75) is 13.0 Å². The number of nitrogens with zero attached hydrogens (tertiary/aromatic N) is 2. The third kappa shape index (κ3) is 3.34. The second kappa shape index (κ2) is 6.18. The molecule has 108 valence electrons. The Morgan fingerprint density at radius 1 is 0.950 bits per heavy atom. The molecule has 0 aliphatic heterocycles. The van der Waals surface area contributed by atoms with Gasteiger partial charge in [0.25, 0.3) is 11.8 Å². The van der Waals surface area contributed by atoms with Crippen LogP contribution in [-0.4, -0.2) is 59.9 Å². The van der Waals surface area contributed by atoms with Crippen molar-refractivity contribution in [1.29, 1.82) is 0 Å². The molecule has 0 bridgehead atoms. The molecule has 0 heterocycles. The Morgan fingerprint density at radius 3 is 1.70 bits per heavy atom. The Bertz CT molecular complexity index is 522. The van der Waals surface area contributed by atoms with E-state index in [1.54, 1.807) is 26.2 Å². The zero-order valence-electron chi connectivity index (χ0n) is 12.0. The highest BCUT2D eigenvalue weighted by Crippen LogP contribution is 2.10. The van der Waals surface area contributed by atoms with Crippen molar-refractivity contribution in [3.8, 4) is 0 Å². The summed E-state index contributed by atoms with van der Waals surface area (Å²) < 4.78 is 0. The normalized spacial score (nSPS) is 11.6. The van der Waals surface area contributed by atoms with Gasteiger partial charge in [-0.15, -0.1) is 0 Å². The number of carboxylic acid groups (broad SMARTS) is 1. The Kier molecular flexibility index (Phi) is 4.85. The summed E-state index contributed by atoms with van der Waals surface area (Å²) in [6.07, 6.45) is 0. The number of aliphatic carboxylic acids is 1. The number of hydrogen-bond acceptors (Lipinski definition) is 3. The van der Waals surface area contributed by atoms with Crippen LogP contribution in [-0.2, 0) is 4.79 Å². The average Bonchev–Trinajstić information content (AvgIpc) is 2.44. The topological polar surface area (TPSA) is 77.9 Å². The van der Waals surface area contributed by atoms with Crippen LogP contribution < -0.4 is 0 Å². The second-order valence-electron chi connectivity index (χ2n) is 4.71. The first-order chi connectivity index (χ1) is 9.25. The van der Waals surface area contributed by atoms with E-state index in [4.69, 9.17) is 5.11 Å². The number of rotatable bonds is 4. The quantitative estimate of drug-likeness (QED) is 0.889. The van der Waals surface area contributed by atoms with Gasteiger partial charge in [-0.1, -0.05) is 0 Å². The van der Waals surface area contributed by atoms with Gasteiger partial charge in [-0.05, 0) is 31.2 Å². The molecule has 1 N–H and O–H groups in total. The first-order valence-electron chi connectivity index (χ1n) is 6.07. The fraction of sp³-hybridized carbons (Fsp3) is 0.357. The van der Waals surface area contributed by atoms with Gasteiger partial charge in [-0.3, -0.25) is 9.59 Å². The molecule has 1 aromatic carbocycles. The molecule has 0 saturated carbocycles. The van der Waals surface area contributed by atoms with E-state index >= 15 is 0 Å². The van der Waals surface area contributed by atoms with Crippen LogP contribution in [0.1, 0.15) is 27.6 Å². The number of benzene rings is 1. The summed E-state index contributed by atoms with van der Waals surface area (Å²) in [5.74, 6) is -1.62. The minimum Gasteiger partial charge on any atom is -0.480 e. The molecule has 1 atom stereocenters. The van der Waals surface area contributed by atoms with E-state index in [1.807, 2.05) is 0 Å². The molecule has 0 fully saturated rings. The summed E-state index contributed by atoms with van der Waals surface area (Å²) in [4.78, 5) is 37.2. The predicted molar refractivity (Wildman–Crippen MR) is 73.7 cm³/mol. The largest absolute Gasteiger partial charge is 0.480 e. The fourth-order valence-electron chi connectivity index (χ4n) is 1.56. The number of carbonyl (C=O) groups is 3. The van der Waals surface area contributed by atoms with Gasteiger partial charge >= 0.3 is 5.97 Å². The average molecular weight is 278 g/mol. The highest BCUT2D eigenvalue weighted by atomic mass is 16.4. The number of carboxylic acids is 1. The van der Waals surface area contributed by atoms with E-state index in [0.717, 1.165) is 4.90 Å². The molecule has 2 amide bonds. The lowest BCUT2D eigenvalue weighted by atomic mass is 10.1. The van der Waals surface area contributed by atoms with Crippen molar-refractivity contribution in [3.05, 3.63) is 35.4 Å².